The first-order chi connectivity index (χ1) is 17.0. The maximum Gasteiger partial charge on any atom is 0.416 e. The second-order valence-corrected chi connectivity index (χ2v) is 9.09. The molecule has 0 unspecified atom stereocenters. The largest absolute Gasteiger partial charge is 0.416 e. The topological polar surface area (TPSA) is 51.0 Å². The van der Waals surface area contributed by atoms with Gasteiger partial charge in [-0.05, 0) is 41.8 Å². The summed E-state index contributed by atoms with van der Waals surface area (Å²) in [6, 6.07) is 13.1. The Morgan fingerprint density at radius 3 is 2.14 bits per heavy atom. The molecule has 0 fully saturated rings. The summed E-state index contributed by atoms with van der Waals surface area (Å²) in [5, 5.41) is 7.41. The van der Waals surface area contributed by atoms with Gasteiger partial charge in [-0.15, -0.1) is 0 Å². The fraction of sp³-hybridized carbons (Fsp3) is 0.500. The number of halogens is 3. The van der Waals surface area contributed by atoms with Crippen molar-refractivity contribution in [3.05, 3.63) is 71.0 Å². The van der Waals surface area contributed by atoms with E-state index in [-0.39, 0.29) is 0 Å². The maximum atomic E-state index is 12.7. The summed E-state index contributed by atoms with van der Waals surface area (Å²) in [5.74, 6) is 1.26. The lowest BCUT2D eigenvalue weighted by atomic mass is 10.1. The summed E-state index contributed by atoms with van der Waals surface area (Å²) < 4.78 is 43.5. The van der Waals surface area contributed by atoms with Crippen LogP contribution in [-0.2, 0) is 25.7 Å². The van der Waals surface area contributed by atoms with Crippen LogP contribution in [0.25, 0.3) is 11.5 Å². The Bertz CT molecular complexity index is 999. The number of aromatic nitrogens is 2. The molecule has 0 bridgehead atoms. The Hall–Kier alpha value is -2.67. The van der Waals surface area contributed by atoms with E-state index in [9.17, 15) is 13.2 Å². The van der Waals surface area contributed by atoms with Crippen LogP contribution in [0.5, 0.6) is 0 Å². The fourth-order valence-corrected chi connectivity index (χ4v) is 4.04. The third-order valence-corrected chi connectivity index (χ3v) is 6.09. The highest BCUT2D eigenvalue weighted by Crippen LogP contribution is 2.29. The Morgan fingerprint density at radius 2 is 1.46 bits per heavy atom. The summed E-state index contributed by atoms with van der Waals surface area (Å²) in [7, 11) is 0. The van der Waals surface area contributed by atoms with Crippen LogP contribution in [0.1, 0.15) is 87.2 Å². The Morgan fingerprint density at radius 1 is 0.800 bits per heavy atom. The first kappa shape index (κ1) is 26.9. The van der Waals surface area contributed by atoms with Crippen LogP contribution in [0.4, 0.5) is 13.2 Å². The Kier molecular flexibility index (Phi) is 10.8. The lowest BCUT2D eigenvalue weighted by Crippen LogP contribution is -2.13. The molecule has 7 heteroatoms. The SMILES string of the molecule is CCCCCCCCCCCc1noc(-c2cccc(CNCc3ccc(C(F)(F)F)cc3)c2)n1. The van der Waals surface area contributed by atoms with E-state index in [1.807, 2.05) is 24.3 Å². The molecule has 0 radical (unpaired) electrons. The minimum absolute atomic E-state index is 0.478. The first-order valence-corrected chi connectivity index (χ1v) is 12.7. The van der Waals surface area contributed by atoms with Gasteiger partial charge in [0.15, 0.2) is 5.82 Å². The number of nitrogens with zero attached hydrogens (tertiary/aromatic N) is 2. The van der Waals surface area contributed by atoms with Gasteiger partial charge in [-0.2, -0.15) is 18.2 Å². The number of unbranched alkanes of at least 4 members (excludes halogenated alkanes) is 8. The molecule has 3 aromatic rings. The molecular weight excluding hydrogens is 451 g/mol. The van der Waals surface area contributed by atoms with Crippen molar-refractivity contribution in [2.75, 3.05) is 0 Å². The number of hydrogen-bond acceptors (Lipinski definition) is 4. The number of nitrogens with one attached hydrogen (secondary N) is 1. The van der Waals surface area contributed by atoms with E-state index in [1.54, 1.807) is 0 Å². The fourth-order valence-electron chi connectivity index (χ4n) is 4.04. The van der Waals surface area contributed by atoms with Crippen molar-refractivity contribution in [3.63, 3.8) is 0 Å². The second kappa shape index (κ2) is 14.0. The number of aryl methyl sites for hydroxylation is 1. The van der Waals surface area contributed by atoms with Gasteiger partial charge in [0.1, 0.15) is 0 Å². The smallest absolute Gasteiger partial charge is 0.334 e. The summed E-state index contributed by atoms with van der Waals surface area (Å²) in [4.78, 5) is 4.56. The van der Waals surface area contributed by atoms with Crippen molar-refractivity contribution >= 4 is 0 Å². The summed E-state index contributed by atoms with van der Waals surface area (Å²) in [6.45, 7) is 3.30. The van der Waals surface area contributed by atoms with Crippen molar-refractivity contribution < 1.29 is 17.7 Å². The molecule has 2 aromatic carbocycles. The standard InChI is InChI=1S/C28H36F3N3O/c1-2-3-4-5-6-7-8-9-10-14-26-33-27(35-34-26)24-13-11-12-23(19-24)21-32-20-22-15-17-25(18-16-22)28(29,30)31/h11-13,15-19,32H,2-10,14,20-21H2,1H3. The molecule has 3 rings (SSSR count). The molecule has 0 amide bonds. The third kappa shape index (κ3) is 9.48. The molecule has 0 atom stereocenters. The van der Waals surface area contributed by atoms with Crippen LogP contribution in [0.3, 0.4) is 0 Å². The second-order valence-electron chi connectivity index (χ2n) is 9.09. The van der Waals surface area contributed by atoms with E-state index in [0.29, 0.717) is 19.0 Å². The van der Waals surface area contributed by atoms with E-state index in [1.165, 1.54) is 63.5 Å². The molecule has 0 aliphatic heterocycles. The van der Waals surface area contributed by atoms with Crippen LogP contribution in [0.15, 0.2) is 53.1 Å². The molecule has 1 heterocycles. The lowest BCUT2D eigenvalue weighted by molar-refractivity contribution is -0.137. The zero-order valence-electron chi connectivity index (χ0n) is 20.5. The average Bonchev–Trinajstić information content (AvgIpc) is 3.32. The van der Waals surface area contributed by atoms with Crippen LogP contribution < -0.4 is 5.32 Å². The quantitative estimate of drug-likeness (QED) is 0.220. The highest BCUT2D eigenvalue weighted by molar-refractivity contribution is 5.54. The monoisotopic (exact) mass is 487 g/mol. The van der Waals surface area contributed by atoms with Crippen molar-refractivity contribution in [2.24, 2.45) is 0 Å². The van der Waals surface area contributed by atoms with E-state index >= 15 is 0 Å². The molecule has 4 nitrogen and oxygen atoms in total. The molecule has 0 saturated heterocycles. The zero-order valence-corrected chi connectivity index (χ0v) is 20.5. The zero-order chi connectivity index (χ0) is 24.9. The molecule has 35 heavy (non-hydrogen) atoms. The van der Waals surface area contributed by atoms with Gasteiger partial charge >= 0.3 is 6.18 Å². The normalized spacial score (nSPS) is 11.8. The van der Waals surface area contributed by atoms with Crippen molar-refractivity contribution in [1.29, 1.82) is 0 Å². The van der Waals surface area contributed by atoms with Gasteiger partial charge in [0.2, 0.25) is 0 Å². The molecule has 1 aromatic heterocycles. The van der Waals surface area contributed by atoms with E-state index in [2.05, 4.69) is 22.4 Å². The molecule has 0 spiro atoms. The van der Waals surface area contributed by atoms with E-state index in [0.717, 1.165) is 47.5 Å². The van der Waals surface area contributed by atoms with Crippen molar-refractivity contribution in [1.82, 2.24) is 15.5 Å². The van der Waals surface area contributed by atoms with Gasteiger partial charge in [-0.25, -0.2) is 0 Å². The predicted octanol–water partition coefficient (Wildman–Crippen LogP) is 8.12. The lowest BCUT2D eigenvalue weighted by Gasteiger charge is -2.09. The molecule has 0 aliphatic carbocycles. The van der Waals surface area contributed by atoms with Gasteiger partial charge in [-0.3, -0.25) is 0 Å². The Labute approximate surface area is 206 Å². The number of benzene rings is 2. The van der Waals surface area contributed by atoms with Gasteiger partial charge in [0.05, 0.1) is 5.56 Å². The van der Waals surface area contributed by atoms with Crippen LogP contribution in [0, 0.1) is 0 Å². The average molecular weight is 488 g/mol. The minimum Gasteiger partial charge on any atom is -0.334 e. The summed E-state index contributed by atoms with van der Waals surface area (Å²) in [6.07, 6.45) is 8.04. The Balaban J connectivity index is 1.39. The summed E-state index contributed by atoms with van der Waals surface area (Å²) >= 11 is 0. The number of rotatable bonds is 15. The van der Waals surface area contributed by atoms with E-state index < -0.39 is 11.7 Å². The van der Waals surface area contributed by atoms with Crippen LogP contribution >= 0.6 is 0 Å². The molecule has 0 aliphatic rings. The van der Waals surface area contributed by atoms with Gasteiger partial charge in [0.25, 0.3) is 5.89 Å². The van der Waals surface area contributed by atoms with Crippen LogP contribution in [0.2, 0.25) is 0 Å². The van der Waals surface area contributed by atoms with Gasteiger partial charge in [-0.1, -0.05) is 87.7 Å². The maximum absolute atomic E-state index is 12.7. The first-order valence-electron chi connectivity index (χ1n) is 12.7. The van der Waals surface area contributed by atoms with Crippen molar-refractivity contribution in [3.8, 4) is 11.5 Å². The van der Waals surface area contributed by atoms with Crippen molar-refractivity contribution in [2.45, 2.75) is 90.4 Å². The molecular formula is C28H36F3N3O. The number of hydrogen-bond donors (Lipinski definition) is 1. The number of alkyl halides is 3. The highest BCUT2D eigenvalue weighted by Gasteiger charge is 2.29. The molecule has 190 valence electrons. The minimum atomic E-state index is -4.31. The van der Waals surface area contributed by atoms with Gasteiger partial charge in [0, 0.05) is 25.1 Å². The van der Waals surface area contributed by atoms with E-state index in [4.69, 9.17) is 4.52 Å². The van der Waals surface area contributed by atoms with Gasteiger partial charge < -0.3 is 9.84 Å². The van der Waals surface area contributed by atoms with Crippen LogP contribution in [-0.4, -0.2) is 10.1 Å². The predicted molar refractivity (Wildman–Crippen MR) is 133 cm³/mol. The third-order valence-electron chi connectivity index (χ3n) is 6.09. The highest BCUT2D eigenvalue weighted by atomic mass is 19.4. The molecule has 0 saturated carbocycles. The summed E-state index contributed by atoms with van der Waals surface area (Å²) in [5.41, 5.74) is 2.07. The molecule has 1 N–H and O–H groups in total.